The Kier molecular flexibility index (Phi) is 3.50. The zero-order valence-electron chi connectivity index (χ0n) is 7.92. The van der Waals surface area contributed by atoms with E-state index in [-0.39, 0.29) is 5.56 Å². The summed E-state index contributed by atoms with van der Waals surface area (Å²) >= 11 is 0. The lowest BCUT2D eigenvalue weighted by Crippen LogP contribution is -2.30. The highest BCUT2D eigenvalue weighted by Crippen LogP contribution is 2.31. The number of benzene rings is 1. The van der Waals surface area contributed by atoms with Gasteiger partial charge in [-0.2, -0.15) is 13.2 Å². The first-order valence-electron chi connectivity index (χ1n) is 4.42. The molecular formula is C11H10F3O. The fraction of sp³-hybridized carbons (Fsp3) is 0.273. The summed E-state index contributed by atoms with van der Waals surface area (Å²) < 4.78 is 37.2. The Morgan fingerprint density at radius 3 is 2.20 bits per heavy atom. The van der Waals surface area contributed by atoms with Crippen molar-refractivity contribution in [2.45, 2.75) is 12.6 Å². The smallest absolute Gasteiger partial charge is 0.294 e. The van der Waals surface area contributed by atoms with Gasteiger partial charge in [-0.3, -0.25) is 4.79 Å². The SMILES string of the molecule is [CH2]CC(C(=O)c1ccccc1)C(F)(F)F. The van der Waals surface area contributed by atoms with Crippen molar-refractivity contribution in [1.29, 1.82) is 0 Å². The number of rotatable bonds is 3. The molecule has 0 aliphatic rings. The van der Waals surface area contributed by atoms with Crippen LogP contribution in [0.5, 0.6) is 0 Å². The molecule has 1 aromatic rings. The third-order valence-corrected chi connectivity index (χ3v) is 2.06. The Morgan fingerprint density at radius 2 is 1.80 bits per heavy atom. The van der Waals surface area contributed by atoms with Gasteiger partial charge in [0.1, 0.15) is 5.92 Å². The van der Waals surface area contributed by atoms with Crippen LogP contribution in [0.15, 0.2) is 30.3 Å². The largest absolute Gasteiger partial charge is 0.398 e. The molecule has 1 unspecified atom stereocenters. The van der Waals surface area contributed by atoms with Gasteiger partial charge in [0.2, 0.25) is 0 Å². The summed E-state index contributed by atoms with van der Waals surface area (Å²) in [6.07, 6.45) is -4.99. The van der Waals surface area contributed by atoms with Gasteiger partial charge in [0.05, 0.1) is 0 Å². The number of ketones is 1. The number of alkyl halides is 3. The molecule has 1 atom stereocenters. The van der Waals surface area contributed by atoms with E-state index in [1.165, 1.54) is 24.3 Å². The van der Waals surface area contributed by atoms with Crippen LogP contribution in [-0.2, 0) is 0 Å². The predicted octanol–water partition coefficient (Wildman–Crippen LogP) is 3.27. The van der Waals surface area contributed by atoms with E-state index in [4.69, 9.17) is 0 Å². The molecule has 0 spiro atoms. The zero-order chi connectivity index (χ0) is 11.5. The zero-order valence-corrected chi connectivity index (χ0v) is 7.92. The first-order valence-corrected chi connectivity index (χ1v) is 4.42. The first kappa shape index (κ1) is 11.8. The quantitative estimate of drug-likeness (QED) is 0.707. The van der Waals surface area contributed by atoms with E-state index in [1.807, 2.05) is 0 Å². The summed E-state index contributed by atoms with van der Waals surface area (Å²) in [6.45, 7) is 3.16. The number of hydrogen-bond acceptors (Lipinski definition) is 1. The van der Waals surface area contributed by atoms with E-state index in [2.05, 4.69) is 6.92 Å². The van der Waals surface area contributed by atoms with Crippen LogP contribution >= 0.6 is 0 Å². The van der Waals surface area contributed by atoms with E-state index >= 15 is 0 Å². The van der Waals surface area contributed by atoms with Crippen molar-refractivity contribution in [2.75, 3.05) is 0 Å². The molecule has 0 N–H and O–H groups in total. The van der Waals surface area contributed by atoms with Crippen LogP contribution in [0.2, 0.25) is 0 Å². The molecule has 0 heterocycles. The molecule has 4 heteroatoms. The van der Waals surface area contributed by atoms with Gasteiger partial charge >= 0.3 is 6.18 Å². The molecule has 0 saturated heterocycles. The van der Waals surface area contributed by atoms with Crippen LogP contribution in [0.25, 0.3) is 0 Å². The van der Waals surface area contributed by atoms with Crippen LogP contribution in [0.3, 0.4) is 0 Å². The Morgan fingerprint density at radius 1 is 1.27 bits per heavy atom. The maximum atomic E-state index is 12.4. The molecule has 0 amide bonds. The molecule has 0 aliphatic heterocycles. The highest BCUT2D eigenvalue weighted by Gasteiger charge is 2.43. The maximum Gasteiger partial charge on any atom is 0.398 e. The summed E-state index contributed by atoms with van der Waals surface area (Å²) in [5.74, 6) is -2.92. The summed E-state index contributed by atoms with van der Waals surface area (Å²) in [4.78, 5) is 11.5. The van der Waals surface area contributed by atoms with Gasteiger partial charge < -0.3 is 0 Å². The number of hydrogen-bond donors (Lipinski definition) is 0. The van der Waals surface area contributed by atoms with Crippen molar-refractivity contribution in [3.8, 4) is 0 Å². The fourth-order valence-corrected chi connectivity index (χ4v) is 1.25. The van der Waals surface area contributed by atoms with Gasteiger partial charge in [0.25, 0.3) is 0 Å². The third kappa shape index (κ3) is 2.81. The number of carbonyl (C=O) groups is 1. The molecule has 81 valence electrons. The lowest BCUT2D eigenvalue weighted by Gasteiger charge is -2.16. The Labute approximate surface area is 85.9 Å². The molecule has 1 radical (unpaired) electrons. The topological polar surface area (TPSA) is 17.1 Å². The second-order valence-corrected chi connectivity index (χ2v) is 3.11. The molecule has 0 aromatic heterocycles. The normalized spacial score (nSPS) is 13.6. The van der Waals surface area contributed by atoms with Crippen molar-refractivity contribution >= 4 is 5.78 Å². The number of Topliss-reactive ketones (excluding diaryl/α,β-unsaturated/α-hetero) is 1. The van der Waals surface area contributed by atoms with Gasteiger partial charge in [-0.25, -0.2) is 0 Å². The average Bonchev–Trinajstić information content (AvgIpc) is 2.18. The minimum absolute atomic E-state index is 0.0727. The molecule has 0 bridgehead atoms. The second kappa shape index (κ2) is 4.47. The molecule has 0 saturated carbocycles. The van der Waals surface area contributed by atoms with Crippen molar-refractivity contribution in [3.05, 3.63) is 42.8 Å². The van der Waals surface area contributed by atoms with Crippen molar-refractivity contribution in [2.24, 2.45) is 5.92 Å². The molecule has 1 aromatic carbocycles. The van der Waals surface area contributed by atoms with E-state index in [0.717, 1.165) is 0 Å². The third-order valence-electron chi connectivity index (χ3n) is 2.06. The predicted molar refractivity (Wildman–Crippen MR) is 50.3 cm³/mol. The number of halogens is 3. The van der Waals surface area contributed by atoms with E-state index < -0.39 is 24.3 Å². The molecule has 0 fully saturated rings. The van der Waals surface area contributed by atoms with Crippen LogP contribution in [-0.4, -0.2) is 12.0 Å². The number of carbonyl (C=O) groups excluding carboxylic acids is 1. The lowest BCUT2D eigenvalue weighted by atomic mass is 9.95. The van der Waals surface area contributed by atoms with Gasteiger partial charge in [-0.15, -0.1) is 0 Å². The summed E-state index contributed by atoms with van der Waals surface area (Å²) in [7, 11) is 0. The van der Waals surface area contributed by atoms with Gasteiger partial charge in [0.15, 0.2) is 5.78 Å². The second-order valence-electron chi connectivity index (χ2n) is 3.11. The first-order chi connectivity index (χ1) is 6.96. The lowest BCUT2D eigenvalue weighted by molar-refractivity contribution is -0.159. The molecular weight excluding hydrogens is 205 g/mol. The van der Waals surface area contributed by atoms with Crippen molar-refractivity contribution < 1.29 is 18.0 Å². The monoisotopic (exact) mass is 215 g/mol. The Balaban J connectivity index is 2.93. The van der Waals surface area contributed by atoms with Crippen molar-refractivity contribution in [1.82, 2.24) is 0 Å². The fourth-order valence-electron chi connectivity index (χ4n) is 1.25. The van der Waals surface area contributed by atoms with Crippen LogP contribution in [0.4, 0.5) is 13.2 Å². The van der Waals surface area contributed by atoms with Gasteiger partial charge in [-0.05, 0) is 6.42 Å². The summed E-state index contributed by atoms with van der Waals surface area (Å²) in [6, 6.07) is 7.45. The van der Waals surface area contributed by atoms with E-state index in [0.29, 0.717) is 0 Å². The van der Waals surface area contributed by atoms with E-state index in [9.17, 15) is 18.0 Å². The summed E-state index contributed by atoms with van der Waals surface area (Å²) in [5.41, 5.74) is 0.0727. The molecule has 0 aliphatic carbocycles. The average molecular weight is 215 g/mol. The minimum atomic E-state index is -4.52. The van der Waals surface area contributed by atoms with Crippen LogP contribution in [0.1, 0.15) is 16.8 Å². The summed E-state index contributed by atoms with van der Waals surface area (Å²) in [5, 5.41) is 0. The van der Waals surface area contributed by atoms with Crippen LogP contribution in [0, 0.1) is 12.8 Å². The van der Waals surface area contributed by atoms with Gasteiger partial charge in [0, 0.05) is 5.56 Å². The molecule has 15 heavy (non-hydrogen) atoms. The standard InChI is InChI=1S/C11H10F3O/c1-2-9(11(12,13)14)10(15)8-6-4-3-5-7-8/h3-7,9H,1-2H2. The van der Waals surface area contributed by atoms with Gasteiger partial charge in [-0.1, -0.05) is 37.3 Å². The highest BCUT2D eigenvalue weighted by atomic mass is 19.4. The minimum Gasteiger partial charge on any atom is -0.294 e. The molecule has 1 nitrogen and oxygen atoms in total. The molecule has 1 rings (SSSR count). The van der Waals surface area contributed by atoms with Crippen LogP contribution < -0.4 is 0 Å². The Hall–Kier alpha value is -1.32. The Bertz CT molecular complexity index is 329. The highest BCUT2D eigenvalue weighted by molar-refractivity contribution is 5.98. The maximum absolute atomic E-state index is 12.4. The van der Waals surface area contributed by atoms with Crippen molar-refractivity contribution in [3.63, 3.8) is 0 Å². The van der Waals surface area contributed by atoms with E-state index in [1.54, 1.807) is 6.07 Å².